The predicted molar refractivity (Wildman–Crippen MR) is 110 cm³/mol. The van der Waals surface area contributed by atoms with Crippen molar-refractivity contribution in [2.75, 3.05) is 26.9 Å². The molecule has 0 fully saturated rings. The molecular weight excluding hydrogens is 374 g/mol. The van der Waals surface area contributed by atoms with Crippen molar-refractivity contribution in [1.82, 2.24) is 5.32 Å². The minimum Gasteiger partial charge on any atom is -0.493 e. The minimum absolute atomic E-state index is 0.0703. The summed E-state index contributed by atoms with van der Waals surface area (Å²) in [6, 6.07) is 3.49. The monoisotopic (exact) mass is 405 g/mol. The second-order valence-electron chi connectivity index (χ2n) is 8.86. The molecule has 1 aliphatic rings. The van der Waals surface area contributed by atoms with Crippen LogP contribution in [0.4, 0.5) is 0 Å². The first kappa shape index (κ1) is 22.6. The lowest BCUT2D eigenvalue weighted by Crippen LogP contribution is -2.47. The lowest BCUT2D eigenvalue weighted by Gasteiger charge is -2.33. The Labute approximate surface area is 172 Å². The number of rotatable bonds is 7. The zero-order chi connectivity index (χ0) is 21.7. The Morgan fingerprint density at radius 3 is 2.48 bits per heavy atom. The Morgan fingerprint density at radius 1 is 1.14 bits per heavy atom. The number of hydrogen-bond donors (Lipinski definition) is 1. The third-order valence-corrected chi connectivity index (χ3v) is 4.06. The van der Waals surface area contributed by atoms with E-state index >= 15 is 0 Å². The van der Waals surface area contributed by atoms with Crippen molar-refractivity contribution < 1.29 is 28.5 Å². The molecule has 0 aliphatic carbocycles. The summed E-state index contributed by atoms with van der Waals surface area (Å²) >= 11 is 0. The molecule has 1 N–H and O–H groups in total. The summed E-state index contributed by atoms with van der Waals surface area (Å²) in [4.78, 5) is 24.1. The number of benzene rings is 1. The number of fused-ring (bicyclic) bond motifs is 1. The highest BCUT2D eigenvalue weighted by Crippen LogP contribution is 2.40. The largest absolute Gasteiger partial charge is 0.493 e. The third kappa shape index (κ3) is 7.33. The van der Waals surface area contributed by atoms with Crippen LogP contribution in [-0.2, 0) is 14.3 Å². The van der Waals surface area contributed by atoms with Gasteiger partial charge >= 0.3 is 5.97 Å². The smallest absolute Gasteiger partial charge is 0.331 e. The van der Waals surface area contributed by atoms with Crippen molar-refractivity contribution in [3.63, 3.8) is 0 Å². The zero-order valence-electron chi connectivity index (χ0n) is 18.1. The zero-order valence-corrected chi connectivity index (χ0v) is 18.1. The number of nitrogens with one attached hydrogen (secondary N) is 1. The molecule has 0 saturated carbocycles. The van der Waals surface area contributed by atoms with Crippen LogP contribution in [0.25, 0.3) is 6.08 Å². The van der Waals surface area contributed by atoms with Gasteiger partial charge in [0.1, 0.15) is 13.2 Å². The molecule has 1 heterocycles. The first-order valence-electron chi connectivity index (χ1n) is 9.63. The summed E-state index contributed by atoms with van der Waals surface area (Å²) in [6.07, 6.45) is 3.63. The van der Waals surface area contributed by atoms with Gasteiger partial charge in [0.25, 0.3) is 5.91 Å². The van der Waals surface area contributed by atoms with Gasteiger partial charge in [0.05, 0.1) is 7.11 Å². The van der Waals surface area contributed by atoms with Gasteiger partial charge in [-0.25, -0.2) is 4.79 Å². The summed E-state index contributed by atoms with van der Waals surface area (Å²) in [5, 5.41) is 2.90. The first-order valence-corrected chi connectivity index (χ1v) is 9.63. The van der Waals surface area contributed by atoms with Gasteiger partial charge in [-0.1, -0.05) is 20.8 Å². The van der Waals surface area contributed by atoms with Crippen molar-refractivity contribution in [3.8, 4) is 17.2 Å². The molecular formula is C22H31NO6. The number of hydrogen-bond acceptors (Lipinski definition) is 6. The van der Waals surface area contributed by atoms with Gasteiger partial charge in [0.2, 0.25) is 5.75 Å². The van der Waals surface area contributed by atoms with Gasteiger partial charge in [-0.2, -0.15) is 0 Å². The highest BCUT2D eigenvalue weighted by Gasteiger charge is 2.27. The molecule has 1 amide bonds. The third-order valence-electron chi connectivity index (χ3n) is 4.06. The van der Waals surface area contributed by atoms with Gasteiger partial charge in [0.15, 0.2) is 18.1 Å². The highest BCUT2D eigenvalue weighted by atomic mass is 16.6. The average Bonchev–Trinajstić information content (AvgIpc) is 2.61. The second-order valence-corrected chi connectivity index (χ2v) is 8.86. The van der Waals surface area contributed by atoms with Crippen molar-refractivity contribution in [1.29, 1.82) is 0 Å². The van der Waals surface area contributed by atoms with E-state index in [9.17, 15) is 9.59 Å². The lowest BCUT2D eigenvalue weighted by atomic mass is 9.82. The van der Waals surface area contributed by atoms with Gasteiger partial charge in [-0.15, -0.1) is 0 Å². The van der Waals surface area contributed by atoms with E-state index in [-0.39, 0.29) is 23.5 Å². The van der Waals surface area contributed by atoms with Crippen LogP contribution in [0, 0.1) is 5.41 Å². The Kier molecular flexibility index (Phi) is 7.16. The molecule has 0 radical (unpaired) electrons. The Bertz CT molecular complexity index is 759. The van der Waals surface area contributed by atoms with Crippen LogP contribution in [0.15, 0.2) is 18.2 Å². The molecule has 7 nitrogen and oxygen atoms in total. The van der Waals surface area contributed by atoms with Crippen molar-refractivity contribution in [3.05, 3.63) is 23.8 Å². The molecule has 0 saturated heterocycles. The van der Waals surface area contributed by atoms with Crippen LogP contribution >= 0.6 is 0 Å². The fourth-order valence-corrected chi connectivity index (χ4v) is 3.52. The fourth-order valence-electron chi connectivity index (χ4n) is 3.52. The maximum Gasteiger partial charge on any atom is 0.331 e. The van der Waals surface area contributed by atoms with Gasteiger partial charge < -0.3 is 24.3 Å². The normalized spacial score (nSPS) is 13.9. The summed E-state index contributed by atoms with van der Waals surface area (Å²) in [5.74, 6) is 0.692. The lowest BCUT2D eigenvalue weighted by molar-refractivity contribution is -0.144. The van der Waals surface area contributed by atoms with E-state index in [1.165, 1.54) is 13.2 Å². The maximum absolute atomic E-state index is 12.1. The van der Waals surface area contributed by atoms with E-state index in [2.05, 4.69) is 26.1 Å². The number of ether oxygens (including phenoxy) is 4. The van der Waals surface area contributed by atoms with Crippen LogP contribution in [0.1, 0.15) is 46.6 Å². The Hall–Kier alpha value is -2.70. The van der Waals surface area contributed by atoms with E-state index in [4.69, 9.17) is 18.9 Å². The molecule has 0 aromatic heterocycles. The molecule has 1 aromatic rings. The molecule has 160 valence electrons. The van der Waals surface area contributed by atoms with Crippen LogP contribution in [-0.4, -0.2) is 44.3 Å². The van der Waals surface area contributed by atoms with E-state index in [0.717, 1.165) is 6.42 Å². The SMILES string of the molecule is COc1cc(/C=C/C(=O)OCC(=O)NC(C)(C)CC(C)(C)C)cc2c1OCCO2. The highest BCUT2D eigenvalue weighted by molar-refractivity contribution is 5.89. The Balaban J connectivity index is 1.91. The minimum atomic E-state index is -0.609. The molecule has 2 rings (SSSR count). The van der Waals surface area contributed by atoms with Gasteiger partial charge in [-0.05, 0) is 49.5 Å². The number of carbonyl (C=O) groups is 2. The second kappa shape index (κ2) is 9.20. The number of amides is 1. The Morgan fingerprint density at radius 2 is 1.83 bits per heavy atom. The van der Waals surface area contributed by atoms with Gasteiger partial charge in [-0.3, -0.25) is 4.79 Å². The van der Waals surface area contributed by atoms with Crippen molar-refractivity contribution >= 4 is 18.0 Å². The van der Waals surface area contributed by atoms with Crippen molar-refractivity contribution in [2.24, 2.45) is 5.41 Å². The summed E-state index contributed by atoms with van der Waals surface area (Å²) in [7, 11) is 1.54. The predicted octanol–water partition coefficient (Wildman–Crippen LogP) is 3.35. The first-order chi connectivity index (χ1) is 13.5. The number of carbonyl (C=O) groups excluding carboxylic acids is 2. The standard InChI is InChI=1S/C22H31NO6/c1-21(2,3)14-22(4,5)23-18(24)13-29-19(25)8-7-15-11-16(26-6)20-17(12-15)27-9-10-28-20/h7-8,11-12H,9-10,13-14H2,1-6H3,(H,23,24)/b8-7+. The van der Waals surface area contributed by atoms with E-state index in [0.29, 0.717) is 36.0 Å². The van der Waals surface area contributed by atoms with Crippen LogP contribution in [0.2, 0.25) is 0 Å². The summed E-state index contributed by atoms with van der Waals surface area (Å²) < 4.78 is 21.5. The average molecular weight is 405 g/mol. The van der Waals surface area contributed by atoms with Crippen LogP contribution in [0.3, 0.4) is 0 Å². The van der Waals surface area contributed by atoms with E-state index in [1.807, 2.05) is 13.8 Å². The quantitative estimate of drug-likeness (QED) is 0.553. The molecule has 7 heteroatoms. The van der Waals surface area contributed by atoms with E-state index in [1.54, 1.807) is 18.2 Å². The van der Waals surface area contributed by atoms with E-state index < -0.39 is 5.97 Å². The molecule has 1 aromatic carbocycles. The topological polar surface area (TPSA) is 83.1 Å². The van der Waals surface area contributed by atoms with Crippen LogP contribution in [0.5, 0.6) is 17.2 Å². The number of esters is 1. The molecule has 0 bridgehead atoms. The molecule has 0 spiro atoms. The molecule has 29 heavy (non-hydrogen) atoms. The molecule has 0 atom stereocenters. The number of methoxy groups -OCH3 is 1. The maximum atomic E-state index is 12.1. The van der Waals surface area contributed by atoms with Crippen molar-refractivity contribution in [2.45, 2.75) is 46.6 Å². The summed E-state index contributed by atoms with van der Waals surface area (Å²) in [6.45, 7) is 10.8. The fraction of sp³-hybridized carbons (Fsp3) is 0.545. The molecule has 0 unspecified atom stereocenters. The molecule has 1 aliphatic heterocycles. The van der Waals surface area contributed by atoms with Gasteiger partial charge in [0, 0.05) is 11.6 Å². The van der Waals surface area contributed by atoms with Crippen LogP contribution < -0.4 is 19.5 Å². The summed E-state index contributed by atoms with van der Waals surface area (Å²) in [5.41, 5.74) is 0.374.